The molecule has 0 N–H and O–H groups in total. The van der Waals surface area contributed by atoms with E-state index in [1.165, 1.54) is 55.4 Å². The predicted octanol–water partition coefficient (Wildman–Crippen LogP) is 7.25. The molecule has 0 atom stereocenters. The first-order valence-corrected chi connectivity index (χ1v) is 21.8. The van der Waals surface area contributed by atoms with Gasteiger partial charge in [-0.15, -0.1) is 0 Å². The van der Waals surface area contributed by atoms with Gasteiger partial charge >= 0.3 is 212 Å². The van der Waals surface area contributed by atoms with Crippen molar-refractivity contribution >= 4 is 42.9 Å². The Hall–Kier alpha value is -1.47. The van der Waals surface area contributed by atoms with Crippen LogP contribution in [0.1, 0.15) is 64.9 Å². The standard InChI is InChI=1S/C16H14NO3S.3C4H9.Sn/c1-12-3-6-15(7-4-12)21(18,19)17-10-9-13-11-14(20-2)5-8-16(13)17;3*1-3-4-2;/h3-8,10-11H,1-2H3;3*1,3-4H2,2H3;. The van der Waals surface area contributed by atoms with E-state index in [9.17, 15) is 8.42 Å². The molecular formula is C28H41NO3SSn. The molecule has 0 aliphatic carbocycles. The second-order valence-electron chi connectivity index (χ2n) is 9.63. The average molecular weight is 590 g/mol. The number of methoxy groups -OCH3 is 1. The number of nitrogens with zero attached hydrogens (tertiary/aromatic N) is 1. The summed E-state index contributed by atoms with van der Waals surface area (Å²) in [6.07, 6.45) is 9.25. The molecule has 3 rings (SSSR count). The summed E-state index contributed by atoms with van der Waals surface area (Å²) in [6, 6.07) is 13.1. The minimum atomic E-state index is -3.69. The molecular weight excluding hydrogens is 549 g/mol. The van der Waals surface area contributed by atoms with Crippen LogP contribution in [0.25, 0.3) is 10.9 Å². The van der Waals surface area contributed by atoms with Crippen LogP contribution >= 0.6 is 0 Å². The first-order valence-electron chi connectivity index (χ1n) is 12.8. The molecule has 1 aromatic heterocycles. The van der Waals surface area contributed by atoms with Crippen LogP contribution in [0.3, 0.4) is 0 Å². The zero-order chi connectivity index (χ0) is 24.8. The van der Waals surface area contributed by atoms with Crippen molar-refractivity contribution in [3.05, 3.63) is 54.2 Å². The van der Waals surface area contributed by atoms with Crippen LogP contribution < -0.4 is 8.32 Å². The minimum absolute atomic E-state index is 0.342. The fraction of sp³-hybridized carbons (Fsp3) is 0.500. The monoisotopic (exact) mass is 591 g/mol. The van der Waals surface area contributed by atoms with Gasteiger partial charge in [0.25, 0.3) is 0 Å². The van der Waals surface area contributed by atoms with Gasteiger partial charge in [-0.05, 0) is 0 Å². The third kappa shape index (κ3) is 5.67. The molecule has 0 saturated carbocycles. The Morgan fingerprint density at radius 1 is 0.853 bits per heavy atom. The molecule has 0 unspecified atom stereocenters. The van der Waals surface area contributed by atoms with Gasteiger partial charge in [0.15, 0.2) is 0 Å². The maximum atomic E-state index is 13.9. The summed E-state index contributed by atoms with van der Waals surface area (Å²) in [7, 11) is -2.01. The van der Waals surface area contributed by atoms with E-state index < -0.39 is 28.4 Å². The molecule has 0 fully saturated rings. The molecule has 0 bridgehead atoms. The van der Waals surface area contributed by atoms with Gasteiger partial charge in [-0.2, -0.15) is 0 Å². The van der Waals surface area contributed by atoms with E-state index in [2.05, 4.69) is 26.8 Å². The van der Waals surface area contributed by atoms with Crippen molar-refractivity contribution in [3.8, 4) is 5.75 Å². The Balaban J connectivity index is 2.30. The van der Waals surface area contributed by atoms with Crippen LogP contribution in [0.2, 0.25) is 13.3 Å². The molecule has 2 aromatic carbocycles. The van der Waals surface area contributed by atoms with Crippen LogP contribution in [0.4, 0.5) is 0 Å². The van der Waals surface area contributed by atoms with Crippen molar-refractivity contribution in [1.82, 2.24) is 3.97 Å². The fourth-order valence-corrected chi connectivity index (χ4v) is 23.3. The number of unbranched alkanes of at least 4 members (excludes halogenated alkanes) is 3. The van der Waals surface area contributed by atoms with Crippen molar-refractivity contribution in [3.63, 3.8) is 0 Å². The van der Waals surface area contributed by atoms with E-state index in [1.807, 2.05) is 37.4 Å². The van der Waals surface area contributed by atoms with Gasteiger partial charge in [0, 0.05) is 0 Å². The van der Waals surface area contributed by atoms with Gasteiger partial charge in [0.1, 0.15) is 0 Å². The molecule has 0 aliphatic heterocycles. The molecule has 6 heteroatoms. The quantitative estimate of drug-likeness (QED) is 0.197. The van der Waals surface area contributed by atoms with Crippen molar-refractivity contribution in [1.29, 1.82) is 0 Å². The Morgan fingerprint density at radius 2 is 1.41 bits per heavy atom. The number of rotatable bonds is 13. The van der Waals surface area contributed by atoms with Crippen LogP contribution in [0.15, 0.2) is 53.6 Å². The SMILES string of the molecule is CCC[CH2][Sn]([CH2]CCC)([CH2]CCC)[c]1cn(S(=O)(=O)c2ccc(C)cc2)c2ccc(OC)cc12. The van der Waals surface area contributed by atoms with E-state index in [4.69, 9.17) is 4.74 Å². The summed E-state index contributed by atoms with van der Waals surface area (Å²) < 4.78 is 40.1. The normalized spacial score (nSPS) is 12.4. The van der Waals surface area contributed by atoms with Crippen molar-refractivity contribution in [2.45, 2.75) is 84.4 Å². The molecule has 0 aliphatic rings. The zero-order valence-electron chi connectivity index (χ0n) is 21.6. The topological polar surface area (TPSA) is 48.3 Å². The predicted molar refractivity (Wildman–Crippen MR) is 147 cm³/mol. The van der Waals surface area contributed by atoms with Crippen LogP contribution in [-0.4, -0.2) is 37.9 Å². The third-order valence-electron chi connectivity index (χ3n) is 7.15. The second kappa shape index (κ2) is 12.0. The zero-order valence-corrected chi connectivity index (χ0v) is 25.2. The molecule has 0 spiro atoms. The number of aryl methyl sites for hydroxylation is 1. The van der Waals surface area contributed by atoms with Crippen LogP contribution in [0, 0.1) is 6.92 Å². The molecule has 0 radical (unpaired) electrons. The van der Waals surface area contributed by atoms with Gasteiger partial charge < -0.3 is 0 Å². The Labute approximate surface area is 210 Å². The number of fused-ring (bicyclic) bond motifs is 1. The van der Waals surface area contributed by atoms with E-state index in [1.54, 1.807) is 23.2 Å². The summed E-state index contributed by atoms with van der Waals surface area (Å²) in [4.78, 5) is 0.342. The first kappa shape index (κ1) is 27.1. The van der Waals surface area contributed by atoms with E-state index in [0.29, 0.717) is 4.90 Å². The molecule has 1 heterocycles. The van der Waals surface area contributed by atoms with Gasteiger partial charge in [0.2, 0.25) is 0 Å². The van der Waals surface area contributed by atoms with Gasteiger partial charge in [-0.25, -0.2) is 0 Å². The Morgan fingerprint density at radius 3 is 1.91 bits per heavy atom. The summed E-state index contributed by atoms with van der Waals surface area (Å²) >= 11 is -2.92. The Kier molecular flexibility index (Phi) is 9.56. The number of aromatic nitrogens is 1. The Bertz CT molecular complexity index is 1160. The van der Waals surface area contributed by atoms with E-state index >= 15 is 0 Å². The molecule has 0 saturated heterocycles. The van der Waals surface area contributed by atoms with Gasteiger partial charge in [-0.3, -0.25) is 0 Å². The third-order valence-corrected chi connectivity index (χ3v) is 24.5. The average Bonchev–Trinajstić information content (AvgIpc) is 3.24. The summed E-state index contributed by atoms with van der Waals surface area (Å²) in [5, 5.41) is 1.09. The number of ether oxygens (including phenoxy) is 1. The molecule has 4 nitrogen and oxygen atoms in total. The second-order valence-corrected chi connectivity index (χ2v) is 24.6. The number of hydrogen-bond donors (Lipinski definition) is 0. The van der Waals surface area contributed by atoms with Gasteiger partial charge in [-0.1, -0.05) is 0 Å². The summed E-state index contributed by atoms with van der Waals surface area (Å²) in [6.45, 7) is 8.78. The molecule has 34 heavy (non-hydrogen) atoms. The fourth-order valence-electron chi connectivity index (χ4n) is 5.08. The molecule has 0 amide bonds. The van der Waals surface area contributed by atoms with Crippen LogP contribution in [-0.2, 0) is 10.0 Å². The summed E-state index contributed by atoms with van der Waals surface area (Å²) in [5.74, 6) is 0.792. The number of benzene rings is 2. The maximum absolute atomic E-state index is 13.9. The van der Waals surface area contributed by atoms with Crippen molar-refractivity contribution < 1.29 is 13.2 Å². The van der Waals surface area contributed by atoms with Gasteiger partial charge in [0.05, 0.1) is 0 Å². The molecule has 3 aromatic rings. The van der Waals surface area contributed by atoms with E-state index in [0.717, 1.165) is 22.2 Å². The molecule has 186 valence electrons. The number of hydrogen-bond acceptors (Lipinski definition) is 3. The van der Waals surface area contributed by atoms with Crippen LogP contribution in [0.5, 0.6) is 5.75 Å². The first-order chi connectivity index (χ1) is 16.3. The van der Waals surface area contributed by atoms with Crippen molar-refractivity contribution in [2.75, 3.05) is 7.11 Å². The summed E-state index contributed by atoms with van der Waals surface area (Å²) in [5.41, 5.74) is 1.83. The van der Waals surface area contributed by atoms with Crippen molar-refractivity contribution in [2.24, 2.45) is 0 Å². The van der Waals surface area contributed by atoms with E-state index in [-0.39, 0.29) is 0 Å².